The van der Waals surface area contributed by atoms with E-state index in [1.54, 1.807) is 0 Å². The van der Waals surface area contributed by atoms with Gasteiger partial charge in [0.25, 0.3) is 0 Å². The van der Waals surface area contributed by atoms with Gasteiger partial charge in [-0.05, 0) is 36.8 Å². The molecule has 0 radical (unpaired) electrons. The zero-order valence-corrected chi connectivity index (χ0v) is 20.6. The molecule has 0 aliphatic carbocycles. The molecule has 5 heteroatoms. The van der Waals surface area contributed by atoms with Gasteiger partial charge in [0, 0.05) is 35.3 Å². The van der Waals surface area contributed by atoms with E-state index in [-0.39, 0.29) is 0 Å². The first-order valence-corrected chi connectivity index (χ1v) is 11.6. The molecule has 1 aromatic heterocycles. The molecule has 2 aromatic carbocycles. The van der Waals surface area contributed by atoms with E-state index >= 15 is 0 Å². The first-order valence-electron chi connectivity index (χ1n) is 11.6. The summed E-state index contributed by atoms with van der Waals surface area (Å²) in [5.74, 6) is 3.84. The van der Waals surface area contributed by atoms with Crippen LogP contribution in [0.25, 0.3) is 22.6 Å². The topological polar surface area (TPSA) is 89.9 Å². The van der Waals surface area contributed by atoms with Crippen molar-refractivity contribution in [1.82, 2.24) is 0 Å². The Labute approximate surface area is 197 Å². The van der Waals surface area contributed by atoms with Crippen LogP contribution in [0.5, 0.6) is 0 Å². The number of furan rings is 1. The third-order valence-electron chi connectivity index (χ3n) is 5.59. The summed E-state index contributed by atoms with van der Waals surface area (Å²) in [6.45, 7) is 14.1. The predicted molar refractivity (Wildman–Crippen MR) is 140 cm³/mol. The minimum atomic E-state index is 0.479. The quantitative estimate of drug-likeness (QED) is 0.332. The Morgan fingerprint density at radius 1 is 0.667 bits per heavy atom. The molecule has 0 spiro atoms. The van der Waals surface area contributed by atoms with E-state index in [2.05, 4.69) is 51.5 Å². The second kappa shape index (κ2) is 10.5. The van der Waals surface area contributed by atoms with Crippen molar-refractivity contribution < 1.29 is 4.42 Å². The van der Waals surface area contributed by atoms with Gasteiger partial charge < -0.3 is 15.9 Å². The Morgan fingerprint density at radius 2 is 1.00 bits per heavy atom. The van der Waals surface area contributed by atoms with Crippen molar-refractivity contribution in [3.63, 3.8) is 0 Å². The Morgan fingerprint density at radius 3 is 1.30 bits per heavy atom. The zero-order valence-electron chi connectivity index (χ0n) is 20.6. The van der Waals surface area contributed by atoms with Gasteiger partial charge in [-0.15, -0.1) is 0 Å². The molecule has 0 bridgehead atoms. The SMILES string of the molecule is Cc1c(-c2ccc(C(N)=NCC(C)C)cc2)oc(-c2ccc(C(N)=NCC(C)C)cc2)c1C. The lowest BCUT2D eigenvalue weighted by Crippen LogP contribution is -2.14. The highest BCUT2D eigenvalue weighted by atomic mass is 16.3. The molecule has 1 heterocycles. The molecule has 0 atom stereocenters. The Balaban J connectivity index is 1.85. The average molecular weight is 445 g/mol. The van der Waals surface area contributed by atoms with E-state index in [0.717, 1.165) is 58.0 Å². The van der Waals surface area contributed by atoms with Gasteiger partial charge in [-0.25, -0.2) is 0 Å². The lowest BCUT2D eigenvalue weighted by molar-refractivity contribution is 0.594. The van der Waals surface area contributed by atoms with E-state index < -0.39 is 0 Å². The number of benzene rings is 2. The monoisotopic (exact) mass is 444 g/mol. The second-order valence-electron chi connectivity index (χ2n) is 9.40. The van der Waals surface area contributed by atoms with Crippen molar-refractivity contribution in [3.8, 4) is 22.6 Å². The van der Waals surface area contributed by atoms with E-state index in [0.29, 0.717) is 23.5 Å². The number of aliphatic imine (C=N–C) groups is 2. The number of nitrogens with two attached hydrogens (primary N) is 2. The summed E-state index contributed by atoms with van der Waals surface area (Å²) < 4.78 is 6.35. The largest absolute Gasteiger partial charge is 0.456 e. The van der Waals surface area contributed by atoms with Crippen molar-refractivity contribution >= 4 is 11.7 Å². The lowest BCUT2D eigenvalue weighted by atomic mass is 10.0. The van der Waals surface area contributed by atoms with Crippen molar-refractivity contribution in [2.45, 2.75) is 41.5 Å². The van der Waals surface area contributed by atoms with Crippen LogP contribution >= 0.6 is 0 Å². The first-order chi connectivity index (χ1) is 15.7. The smallest absolute Gasteiger partial charge is 0.137 e. The van der Waals surface area contributed by atoms with Crippen molar-refractivity contribution in [2.24, 2.45) is 33.3 Å². The summed E-state index contributed by atoms with van der Waals surface area (Å²) in [6, 6.07) is 16.2. The predicted octanol–water partition coefficient (Wildman–Crippen LogP) is 5.95. The summed E-state index contributed by atoms with van der Waals surface area (Å²) in [7, 11) is 0. The molecule has 0 fully saturated rings. The number of nitrogens with zero attached hydrogens (tertiary/aromatic N) is 2. The summed E-state index contributed by atoms with van der Waals surface area (Å²) >= 11 is 0. The molecule has 0 saturated heterocycles. The zero-order chi connectivity index (χ0) is 24.1. The highest BCUT2D eigenvalue weighted by Crippen LogP contribution is 2.36. The molecule has 5 nitrogen and oxygen atoms in total. The second-order valence-corrected chi connectivity index (χ2v) is 9.40. The molecule has 33 heavy (non-hydrogen) atoms. The van der Waals surface area contributed by atoms with Crippen LogP contribution in [-0.4, -0.2) is 24.8 Å². The molecule has 0 aliphatic rings. The van der Waals surface area contributed by atoms with Crippen LogP contribution in [0.3, 0.4) is 0 Å². The van der Waals surface area contributed by atoms with Gasteiger partial charge in [0.05, 0.1) is 0 Å². The van der Waals surface area contributed by atoms with E-state index in [9.17, 15) is 0 Å². The highest BCUT2D eigenvalue weighted by molar-refractivity contribution is 5.98. The van der Waals surface area contributed by atoms with Crippen LogP contribution in [-0.2, 0) is 0 Å². The maximum Gasteiger partial charge on any atom is 0.137 e. The summed E-state index contributed by atoms with van der Waals surface area (Å²) in [4.78, 5) is 8.93. The molecule has 0 aliphatic heterocycles. The number of rotatable bonds is 8. The normalized spacial score (nSPS) is 12.7. The Kier molecular flexibility index (Phi) is 7.75. The minimum absolute atomic E-state index is 0.479. The third-order valence-corrected chi connectivity index (χ3v) is 5.59. The molecular weight excluding hydrogens is 408 g/mol. The fourth-order valence-electron chi connectivity index (χ4n) is 3.48. The van der Waals surface area contributed by atoms with Gasteiger partial charge in [0.1, 0.15) is 23.2 Å². The summed E-state index contributed by atoms with van der Waals surface area (Å²) in [5, 5.41) is 0. The molecule has 4 N–H and O–H groups in total. The fourth-order valence-corrected chi connectivity index (χ4v) is 3.48. The van der Waals surface area contributed by atoms with Gasteiger partial charge in [0.15, 0.2) is 0 Å². The lowest BCUT2D eigenvalue weighted by Gasteiger charge is -2.05. The van der Waals surface area contributed by atoms with Gasteiger partial charge in [-0.2, -0.15) is 0 Å². The average Bonchev–Trinajstić information content (AvgIpc) is 3.10. The Hall–Kier alpha value is -3.34. The molecule has 0 amide bonds. The van der Waals surface area contributed by atoms with Crippen LogP contribution in [0.4, 0.5) is 0 Å². The minimum Gasteiger partial charge on any atom is -0.456 e. The van der Waals surface area contributed by atoms with Crippen molar-refractivity contribution in [1.29, 1.82) is 0 Å². The maximum atomic E-state index is 6.35. The fraction of sp³-hybridized carbons (Fsp3) is 0.357. The molecule has 3 rings (SSSR count). The third kappa shape index (κ3) is 5.92. The van der Waals surface area contributed by atoms with Crippen LogP contribution < -0.4 is 11.5 Å². The molecule has 174 valence electrons. The molecule has 0 unspecified atom stereocenters. The molecular formula is C28H36N4O. The van der Waals surface area contributed by atoms with E-state index in [1.165, 1.54) is 0 Å². The summed E-state index contributed by atoms with van der Waals surface area (Å²) in [5.41, 5.74) is 18.4. The first kappa shape index (κ1) is 24.3. The van der Waals surface area contributed by atoms with Gasteiger partial charge >= 0.3 is 0 Å². The van der Waals surface area contributed by atoms with Crippen LogP contribution in [0, 0.1) is 25.7 Å². The van der Waals surface area contributed by atoms with E-state index in [4.69, 9.17) is 15.9 Å². The van der Waals surface area contributed by atoms with Gasteiger partial charge in [-0.3, -0.25) is 9.98 Å². The molecule has 0 saturated carbocycles. The maximum absolute atomic E-state index is 6.35. The number of hydrogen-bond donors (Lipinski definition) is 2. The van der Waals surface area contributed by atoms with Crippen LogP contribution in [0.1, 0.15) is 49.9 Å². The summed E-state index contributed by atoms with van der Waals surface area (Å²) in [6.07, 6.45) is 0. The number of hydrogen-bond acceptors (Lipinski definition) is 3. The highest BCUT2D eigenvalue weighted by Gasteiger charge is 2.17. The van der Waals surface area contributed by atoms with Gasteiger partial charge in [0.2, 0.25) is 0 Å². The number of amidine groups is 2. The standard InChI is InChI=1S/C28H36N4O/c1-17(2)15-31-27(29)23-11-7-21(8-12-23)25-19(5)20(6)26(33-25)22-9-13-24(14-10-22)28(30)32-16-18(3)4/h7-14,17-18H,15-16H2,1-6H3,(H2,29,31)(H2,30,32). The van der Waals surface area contributed by atoms with E-state index in [1.807, 2.05) is 48.5 Å². The van der Waals surface area contributed by atoms with Crippen LogP contribution in [0.2, 0.25) is 0 Å². The van der Waals surface area contributed by atoms with Crippen molar-refractivity contribution in [3.05, 3.63) is 70.8 Å². The molecule has 3 aromatic rings. The van der Waals surface area contributed by atoms with Crippen molar-refractivity contribution in [2.75, 3.05) is 13.1 Å². The van der Waals surface area contributed by atoms with Gasteiger partial charge in [-0.1, -0.05) is 76.2 Å². The van der Waals surface area contributed by atoms with Crippen LogP contribution in [0.15, 0.2) is 62.9 Å². The Bertz CT molecular complexity index is 1040.